The highest BCUT2D eigenvalue weighted by atomic mass is 15.1. The second kappa shape index (κ2) is 5.39. The molecule has 3 aromatic rings. The molecule has 0 aromatic carbocycles. The van der Waals surface area contributed by atoms with Gasteiger partial charge in [0, 0.05) is 29.7 Å². The quantitative estimate of drug-likeness (QED) is 0.779. The summed E-state index contributed by atoms with van der Waals surface area (Å²) in [5.41, 5.74) is 3.17. The molecule has 1 aliphatic carbocycles. The van der Waals surface area contributed by atoms with Gasteiger partial charge in [-0.2, -0.15) is 0 Å². The zero-order valence-corrected chi connectivity index (χ0v) is 13.2. The number of aromatic nitrogens is 4. The van der Waals surface area contributed by atoms with Crippen molar-refractivity contribution >= 4 is 22.1 Å². The van der Waals surface area contributed by atoms with Crippen LogP contribution in [-0.4, -0.2) is 31.6 Å². The van der Waals surface area contributed by atoms with Gasteiger partial charge in [0.2, 0.25) is 0 Å². The highest BCUT2D eigenvalue weighted by Gasteiger charge is 2.24. The van der Waals surface area contributed by atoms with Crippen LogP contribution in [0, 0.1) is 0 Å². The summed E-state index contributed by atoms with van der Waals surface area (Å²) in [5.74, 6) is 0. The van der Waals surface area contributed by atoms with Crippen LogP contribution in [0.4, 0.5) is 0 Å². The van der Waals surface area contributed by atoms with Crippen molar-refractivity contribution in [2.24, 2.45) is 0 Å². The van der Waals surface area contributed by atoms with Gasteiger partial charge in [0.15, 0.2) is 0 Å². The third kappa shape index (κ3) is 2.29. The Balaban J connectivity index is 1.63. The monoisotopic (exact) mass is 297 g/mol. The fraction of sp³-hybridized carbons (Fsp3) is 0.529. The number of aromatic amines is 1. The van der Waals surface area contributed by atoms with Crippen molar-refractivity contribution in [2.45, 2.75) is 57.7 Å². The lowest BCUT2D eigenvalue weighted by atomic mass is 9.90. The van der Waals surface area contributed by atoms with Crippen LogP contribution >= 0.6 is 0 Å². The zero-order valence-electron chi connectivity index (χ0n) is 13.2. The number of hydrogen-bond acceptors (Lipinski definition) is 3. The minimum Gasteiger partial charge on any atom is -0.346 e. The Morgan fingerprint density at radius 3 is 2.82 bits per heavy atom. The molecule has 22 heavy (non-hydrogen) atoms. The maximum Gasteiger partial charge on any atom is 0.139 e. The number of H-pyrrole nitrogens is 1. The molecule has 0 saturated heterocycles. The van der Waals surface area contributed by atoms with E-state index >= 15 is 0 Å². The topological polar surface area (TPSA) is 58.5 Å². The molecule has 0 bridgehead atoms. The fourth-order valence-corrected chi connectivity index (χ4v) is 3.80. The molecule has 5 nitrogen and oxygen atoms in total. The van der Waals surface area contributed by atoms with Crippen molar-refractivity contribution in [3.8, 4) is 0 Å². The van der Waals surface area contributed by atoms with E-state index in [2.05, 4.69) is 44.7 Å². The number of rotatable bonds is 3. The van der Waals surface area contributed by atoms with E-state index in [1.165, 1.54) is 36.6 Å². The molecule has 3 heterocycles. The van der Waals surface area contributed by atoms with Gasteiger partial charge in [0.25, 0.3) is 0 Å². The van der Waals surface area contributed by atoms with Gasteiger partial charge in [0.1, 0.15) is 11.2 Å². The molecule has 0 aliphatic heterocycles. The molecule has 1 saturated carbocycles. The fourth-order valence-electron chi connectivity index (χ4n) is 3.80. The molecule has 0 amide bonds. The molecular weight excluding hydrogens is 274 g/mol. The van der Waals surface area contributed by atoms with Gasteiger partial charge in [0.05, 0.1) is 18.0 Å². The largest absolute Gasteiger partial charge is 0.346 e. The van der Waals surface area contributed by atoms with Gasteiger partial charge in [-0.15, -0.1) is 0 Å². The van der Waals surface area contributed by atoms with Gasteiger partial charge >= 0.3 is 0 Å². The minimum absolute atomic E-state index is 0.552. The van der Waals surface area contributed by atoms with Crippen molar-refractivity contribution < 1.29 is 0 Å². The number of fused-ring (bicyclic) bond motifs is 3. The summed E-state index contributed by atoms with van der Waals surface area (Å²) in [5, 5.41) is 4.85. The Labute approximate surface area is 130 Å². The molecule has 116 valence electrons. The predicted molar refractivity (Wildman–Crippen MR) is 88.9 cm³/mol. The van der Waals surface area contributed by atoms with E-state index in [4.69, 9.17) is 0 Å². The highest BCUT2D eigenvalue weighted by molar-refractivity contribution is 6.00. The van der Waals surface area contributed by atoms with Crippen LogP contribution in [0.25, 0.3) is 22.1 Å². The van der Waals surface area contributed by atoms with Gasteiger partial charge in [-0.05, 0) is 31.7 Å². The Morgan fingerprint density at radius 2 is 2.05 bits per heavy atom. The second-order valence-corrected chi connectivity index (χ2v) is 6.71. The van der Waals surface area contributed by atoms with Crippen molar-refractivity contribution in [1.82, 2.24) is 24.8 Å². The molecule has 3 aromatic heterocycles. The van der Waals surface area contributed by atoms with Crippen LogP contribution in [0.5, 0.6) is 0 Å². The number of nitrogens with zero attached hydrogens (tertiary/aromatic N) is 3. The molecule has 0 radical (unpaired) electrons. The molecule has 2 N–H and O–H groups in total. The standard InChI is InChI=1S/C17H23N5/c1-11(2)21-12-3-5-13(6-4-12)22-10-20-15-9-19-17-14(16(15)22)7-8-18-17/h7-13,21H,3-6H2,1-2H3,(H,18,19)/t12-,13-. The molecule has 0 atom stereocenters. The van der Waals surface area contributed by atoms with E-state index in [-0.39, 0.29) is 0 Å². The maximum absolute atomic E-state index is 4.56. The summed E-state index contributed by atoms with van der Waals surface area (Å²) in [6.45, 7) is 4.45. The van der Waals surface area contributed by atoms with Crippen LogP contribution in [0.15, 0.2) is 24.8 Å². The first-order valence-electron chi connectivity index (χ1n) is 8.27. The van der Waals surface area contributed by atoms with Crippen LogP contribution < -0.4 is 5.32 Å². The summed E-state index contributed by atoms with van der Waals surface area (Å²) in [7, 11) is 0. The van der Waals surface area contributed by atoms with Gasteiger partial charge in [-0.1, -0.05) is 13.8 Å². The van der Waals surface area contributed by atoms with Crippen molar-refractivity contribution in [3.63, 3.8) is 0 Å². The summed E-state index contributed by atoms with van der Waals surface area (Å²) in [4.78, 5) is 12.2. The first-order valence-corrected chi connectivity index (χ1v) is 8.27. The number of imidazole rings is 1. The zero-order chi connectivity index (χ0) is 15.1. The van der Waals surface area contributed by atoms with Crippen LogP contribution in [-0.2, 0) is 0 Å². The molecule has 0 unspecified atom stereocenters. The first-order chi connectivity index (χ1) is 10.7. The normalized spacial score (nSPS) is 22.9. The first kappa shape index (κ1) is 13.8. The molecular formula is C17H23N5. The minimum atomic E-state index is 0.552. The molecule has 0 spiro atoms. The molecule has 4 rings (SSSR count). The summed E-state index contributed by atoms with van der Waals surface area (Å²) < 4.78 is 2.37. The van der Waals surface area contributed by atoms with Crippen LogP contribution in [0.3, 0.4) is 0 Å². The van der Waals surface area contributed by atoms with E-state index in [0.29, 0.717) is 18.1 Å². The number of hydrogen-bond donors (Lipinski definition) is 2. The summed E-state index contributed by atoms with van der Waals surface area (Å²) in [6, 6.07) is 3.89. The average molecular weight is 297 g/mol. The van der Waals surface area contributed by atoms with Crippen molar-refractivity contribution in [1.29, 1.82) is 0 Å². The van der Waals surface area contributed by atoms with E-state index in [9.17, 15) is 0 Å². The van der Waals surface area contributed by atoms with E-state index < -0.39 is 0 Å². The Morgan fingerprint density at radius 1 is 1.23 bits per heavy atom. The van der Waals surface area contributed by atoms with Crippen LogP contribution in [0.2, 0.25) is 0 Å². The van der Waals surface area contributed by atoms with Gasteiger partial charge in [-0.3, -0.25) is 0 Å². The number of pyridine rings is 1. The smallest absolute Gasteiger partial charge is 0.139 e. The number of nitrogens with one attached hydrogen (secondary N) is 2. The van der Waals surface area contributed by atoms with Gasteiger partial charge < -0.3 is 14.9 Å². The lowest BCUT2D eigenvalue weighted by Crippen LogP contribution is -2.37. The van der Waals surface area contributed by atoms with Crippen molar-refractivity contribution in [2.75, 3.05) is 0 Å². The molecule has 1 aliphatic rings. The second-order valence-electron chi connectivity index (χ2n) is 6.71. The molecule has 5 heteroatoms. The Hall–Kier alpha value is -1.88. The maximum atomic E-state index is 4.56. The predicted octanol–water partition coefficient (Wildman–Crippen LogP) is 3.39. The average Bonchev–Trinajstić information content (AvgIpc) is 3.13. The third-order valence-corrected chi connectivity index (χ3v) is 4.78. The van der Waals surface area contributed by atoms with Gasteiger partial charge in [-0.25, -0.2) is 9.97 Å². The summed E-state index contributed by atoms with van der Waals surface area (Å²) >= 11 is 0. The van der Waals surface area contributed by atoms with Crippen LogP contribution in [0.1, 0.15) is 45.6 Å². The Kier molecular flexibility index (Phi) is 3.37. The van der Waals surface area contributed by atoms with E-state index in [1.54, 1.807) is 0 Å². The van der Waals surface area contributed by atoms with E-state index in [1.807, 2.05) is 18.7 Å². The third-order valence-electron chi connectivity index (χ3n) is 4.78. The Bertz CT molecular complexity index is 777. The van der Waals surface area contributed by atoms with Crippen molar-refractivity contribution in [3.05, 3.63) is 24.8 Å². The lowest BCUT2D eigenvalue weighted by molar-refractivity contribution is 0.284. The highest BCUT2D eigenvalue weighted by Crippen LogP contribution is 2.33. The molecule has 1 fully saturated rings. The summed E-state index contributed by atoms with van der Waals surface area (Å²) in [6.07, 6.45) is 10.7. The lowest BCUT2D eigenvalue weighted by Gasteiger charge is -2.31. The SMILES string of the molecule is CC(C)N[C@H]1CC[C@H](n2cnc3cnc4[nH]ccc4c32)CC1. The van der Waals surface area contributed by atoms with E-state index in [0.717, 1.165) is 11.2 Å².